The number of carbonyl (C=O) groups excluding carboxylic acids is 1. The van der Waals surface area contributed by atoms with E-state index in [-0.39, 0.29) is 18.1 Å². The van der Waals surface area contributed by atoms with Crippen molar-refractivity contribution in [1.29, 1.82) is 0 Å². The molecule has 2 aromatic rings. The molecule has 0 aliphatic rings. The molecule has 0 spiro atoms. The number of halogens is 4. The summed E-state index contributed by atoms with van der Waals surface area (Å²) in [4.78, 5) is 12.2. The van der Waals surface area contributed by atoms with Gasteiger partial charge in [0, 0.05) is 20.1 Å². The third-order valence-electron chi connectivity index (χ3n) is 3.55. The minimum atomic E-state index is -0.327. The summed E-state index contributed by atoms with van der Waals surface area (Å²) >= 11 is 24.1. The van der Waals surface area contributed by atoms with Crippen LogP contribution in [0.3, 0.4) is 0 Å². The van der Waals surface area contributed by atoms with Crippen LogP contribution in [-0.2, 0) is 0 Å². The van der Waals surface area contributed by atoms with Gasteiger partial charge in [-0.2, -0.15) is 0 Å². The molecule has 2 N–H and O–H groups in total. The van der Waals surface area contributed by atoms with E-state index in [0.717, 1.165) is 11.1 Å². The molecule has 128 valence electrons. The molecule has 0 bridgehead atoms. The molecule has 2 unspecified atom stereocenters. The first kappa shape index (κ1) is 19.2. The van der Waals surface area contributed by atoms with Crippen LogP contribution in [0.5, 0.6) is 0 Å². The lowest BCUT2D eigenvalue weighted by molar-refractivity contribution is 0.235. The van der Waals surface area contributed by atoms with Crippen LogP contribution in [0.4, 0.5) is 4.79 Å². The molecule has 7 heteroatoms. The fourth-order valence-corrected chi connectivity index (χ4v) is 3.44. The maximum absolute atomic E-state index is 12.2. The first-order valence-electron chi connectivity index (χ1n) is 7.25. The topological polar surface area (TPSA) is 41.1 Å². The summed E-state index contributed by atoms with van der Waals surface area (Å²) in [6.07, 6.45) is 0. The minimum Gasteiger partial charge on any atom is -0.332 e. The van der Waals surface area contributed by atoms with E-state index in [1.54, 1.807) is 36.4 Å². The zero-order valence-corrected chi connectivity index (χ0v) is 16.1. The predicted octanol–water partition coefficient (Wildman–Crippen LogP) is 6.42. The second kappa shape index (κ2) is 8.30. The van der Waals surface area contributed by atoms with Gasteiger partial charge >= 0.3 is 6.03 Å². The second-order valence-corrected chi connectivity index (χ2v) is 7.08. The molecule has 2 amide bonds. The Morgan fingerprint density at radius 1 is 0.792 bits per heavy atom. The number of rotatable bonds is 4. The number of nitrogens with one attached hydrogen (secondary N) is 2. The van der Waals surface area contributed by atoms with Crippen molar-refractivity contribution >= 4 is 52.4 Å². The van der Waals surface area contributed by atoms with E-state index in [2.05, 4.69) is 10.6 Å². The standard InChI is InChI=1S/C17H16Cl4N2O/c1-9(13-5-3-11(18)7-15(13)20)22-17(24)23-10(2)14-6-4-12(19)8-16(14)21/h3-10H,1-2H3,(H2,22,23,24). The molecular weight excluding hydrogens is 390 g/mol. The monoisotopic (exact) mass is 404 g/mol. The van der Waals surface area contributed by atoms with E-state index in [1.165, 1.54) is 0 Å². The molecule has 0 heterocycles. The Balaban J connectivity index is 2.01. The molecular formula is C17H16Cl4N2O. The van der Waals surface area contributed by atoms with Gasteiger partial charge in [-0.05, 0) is 49.2 Å². The molecule has 2 atom stereocenters. The number of carbonyl (C=O) groups is 1. The fraction of sp³-hybridized carbons (Fsp3) is 0.235. The van der Waals surface area contributed by atoms with Crippen molar-refractivity contribution in [2.24, 2.45) is 0 Å². The van der Waals surface area contributed by atoms with Crippen LogP contribution in [0.25, 0.3) is 0 Å². The van der Waals surface area contributed by atoms with Crippen LogP contribution >= 0.6 is 46.4 Å². The van der Waals surface area contributed by atoms with Crippen molar-refractivity contribution < 1.29 is 4.79 Å². The van der Waals surface area contributed by atoms with Crippen LogP contribution in [0.2, 0.25) is 20.1 Å². The maximum Gasteiger partial charge on any atom is 0.315 e. The normalized spacial score (nSPS) is 13.2. The summed E-state index contributed by atoms with van der Waals surface area (Å²) in [5, 5.41) is 7.79. The maximum atomic E-state index is 12.2. The van der Waals surface area contributed by atoms with Gasteiger partial charge in [-0.25, -0.2) is 4.79 Å². The molecule has 0 saturated carbocycles. The highest BCUT2D eigenvalue weighted by Gasteiger charge is 2.16. The van der Waals surface area contributed by atoms with Crippen LogP contribution < -0.4 is 10.6 Å². The van der Waals surface area contributed by atoms with E-state index in [9.17, 15) is 4.79 Å². The zero-order chi connectivity index (χ0) is 17.9. The smallest absolute Gasteiger partial charge is 0.315 e. The SMILES string of the molecule is CC(NC(=O)NC(C)c1ccc(Cl)cc1Cl)c1ccc(Cl)cc1Cl. The molecule has 0 saturated heterocycles. The van der Waals surface area contributed by atoms with E-state index in [0.29, 0.717) is 20.1 Å². The highest BCUT2D eigenvalue weighted by Crippen LogP contribution is 2.27. The molecule has 2 rings (SSSR count). The van der Waals surface area contributed by atoms with Crippen molar-refractivity contribution in [3.8, 4) is 0 Å². The lowest BCUT2D eigenvalue weighted by Crippen LogP contribution is -2.38. The van der Waals surface area contributed by atoms with Gasteiger partial charge in [0.15, 0.2) is 0 Å². The van der Waals surface area contributed by atoms with Crippen molar-refractivity contribution in [3.63, 3.8) is 0 Å². The van der Waals surface area contributed by atoms with Crippen LogP contribution in [0.1, 0.15) is 37.1 Å². The predicted molar refractivity (Wildman–Crippen MR) is 101 cm³/mol. The van der Waals surface area contributed by atoms with E-state index in [4.69, 9.17) is 46.4 Å². The van der Waals surface area contributed by atoms with Crippen molar-refractivity contribution in [3.05, 3.63) is 67.6 Å². The Morgan fingerprint density at radius 3 is 1.50 bits per heavy atom. The van der Waals surface area contributed by atoms with Gasteiger partial charge in [-0.1, -0.05) is 58.5 Å². The first-order valence-corrected chi connectivity index (χ1v) is 8.76. The second-order valence-electron chi connectivity index (χ2n) is 5.39. The summed E-state index contributed by atoms with van der Waals surface area (Å²) in [5.41, 5.74) is 1.57. The minimum absolute atomic E-state index is 0.275. The molecule has 0 fully saturated rings. The third-order valence-corrected chi connectivity index (χ3v) is 4.68. The average molecular weight is 406 g/mol. The summed E-state index contributed by atoms with van der Waals surface area (Å²) in [6.45, 7) is 3.68. The highest BCUT2D eigenvalue weighted by atomic mass is 35.5. The van der Waals surface area contributed by atoms with Gasteiger partial charge in [0.05, 0.1) is 12.1 Å². The van der Waals surface area contributed by atoms with E-state index < -0.39 is 0 Å². The Kier molecular flexibility index (Phi) is 6.64. The average Bonchev–Trinajstić information content (AvgIpc) is 2.46. The van der Waals surface area contributed by atoms with Gasteiger partial charge in [0.25, 0.3) is 0 Å². The molecule has 0 radical (unpaired) electrons. The Labute approximate surface area is 161 Å². The lowest BCUT2D eigenvalue weighted by Gasteiger charge is -2.20. The molecule has 3 nitrogen and oxygen atoms in total. The summed E-state index contributed by atoms with van der Waals surface area (Å²) in [6, 6.07) is 9.45. The molecule has 2 aromatic carbocycles. The number of benzene rings is 2. The number of hydrogen-bond donors (Lipinski definition) is 2. The largest absolute Gasteiger partial charge is 0.332 e. The Bertz CT molecular complexity index is 690. The van der Waals surface area contributed by atoms with Gasteiger partial charge in [-0.15, -0.1) is 0 Å². The molecule has 0 aliphatic heterocycles. The van der Waals surface area contributed by atoms with E-state index >= 15 is 0 Å². The summed E-state index contributed by atoms with van der Waals surface area (Å²) in [5.74, 6) is 0. The van der Waals surface area contributed by atoms with Crippen LogP contribution in [-0.4, -0.2) is 6.03 Å². The number of hydrogen-bond acceptors (Lipinski definition) is 1. The van der Waals surface area contributed by atoms with Gasteiger partial charge in [-0.3, -0.25) is 0 Å². The van der Waals surface area contributed by atoms with Gasteiger partial charge < -0.3 is 10.6 Å². The number of amides is 2. The van der Waals surface area contributed by atoms with E-state index in [1.807, 2.05) is 13.8 Å². The molecule has 0 aliphatic carbocycles. The summed E-state index contributed by atoms with van der Waals surface area (Å²) in [7, 11) is 0. The fourth-order valence-electron chi connectivity index (χ4n) is 2.30. The number of urea groups is 1. The summed E-state index contributed by atoms with van der Waals surface area (Å²) < 4.78 is 0. The van der Waals surface area contributed by atoms with Crippen molar-refractivity contribution in [2.75, 3.05) is 0 Å². The molecule has 24 heavy (non-hydrogen) atoms. The van der Waals surface area contributed by atoms with Crippen molar-refractivity contribution in [2.45, 2.75) is 25.9 Å². The third kappa shape index (κ3) is 4.93. The highest BCUT2D eigenvalue weighted by molar-refractivity contribution is 6.35. The quantitative estimate of drug-likeness (QED) is 0.605. The zero-order valence-electron chi connectivity index (χ0n) is 13.0. The molecule has 0 aromatic heterocycles. The Hall–Kier alpha value is -1.13. The van der Waals surface area contributed by atoms with Crippen LogP contribution in [0, 0.1) is 0 Å². The Morgan fingerprint density at radius 2 is 1.17 bits per heavy atom. The lowest BCUT2D eigenvalue weighted by atomic mass is 10.1. The van der Waals surface area contributed by atoms with Gasteiger partial charge in [0.2, 0.25) is 0 Å². The van der Waals surface area contributed by atoms with Crippen molar-refractivity contribution in [1.82, 2.24) is 10.6 Å². The van der Waals surface area contributed by atoms with Crippen LogP contribution in [0.15, 0.2) is 36.4 Å². The van der Waals surface area contributed by atoms with Gasteiger partial charge in [0.1, 0.15) is 0 Å². The first-order chi connectivity index (χ1) is 11.3.